The highest BCUT2D eigenvalue weighted by atomic mass is 16.6. The summed E-state index contributed by atoms with van der Waals surface area (Å²) in [5.41, 5.74) is 3.36. The highest BCUT2D eigenvalue weighted by Crippen LogP contribution is 2.30. The number of nitrogens with one attached hydrogen (secondary N) is 2. The lowest BCUT2D eigenvalue weighted by Crippen LogP contribution is -2.47. The van der Waals surface area contributed by atoms with Gasteiger partial charge >= 0.3 is 0 Å². The van der Waals surface area contributed by atoms with Crippen molar-refractivity contribution in [1.82, 2.24) is 10.6 Å². The minimum Gasteiger partial charge on any atom is -0.486 e. The molecule has 1 saturated heterocycles. The Morgan fingerprint density at radius 2 is 1.57 bits per heavy atom. The van der Waals surface area contributed by atoms with Crippen LogP contribution in [0.4, 0.5) is 5.69 Å². The maximum atomic E-state index is 12.3. The number of piperidine rings is 1. The standard InChI is InChI=1S/C29H33N3O3/c33-29(31-19-23-6-2-1-3-7-23)18-22-10-12-25(13-11-22)32-16-14-24(15-17-32)30-20-26-21-34-27-8-4-5-9-28(27)35-26/h1-13,24,26,30H,14-21H2,(H,31,33). The number of ether oxygens (including phenoxy) is 2. The van der Waals surface area contributed by atoms with Gasteiger partial charge in [-0.3, -0.25) is 4.79 Å². The Morgan fingerprint density at radius 1 is 0.857 bits per heavy atom. The van der Waals surface area contributed by atoms with Crippen molar-refractivity contribution in [1.29, 1.82) is 0 Å². The molecule has 0 radical (unpaired) electrons. The first-order valence-electron chi connectivity index (χ1n) is 12.5. The first kappa shape index (κ1) is 23.2. The van der Waals surface area contributed by atoms with Crippen LogP contribution in [0.3, 0.4) is 0 Å². The van der Waals surface area contributed by atoms with Gasteiger partial charge in [-0.15, -0.1) is 0 Å². The van der Waals surface area contributed by atoms with Gasteiger partial charge in [-0.1, -0.05) is 54.6 Å². The number of carbonyl (C=O) groups excluding carboxylic acids is 1. The number of nitrogens with zero attached hydrogens (tertiary/aromatic N) is 1. The van der Waals surface area contributed by atoms with Crippen LogP contribution in [0.15, 0.2) is 78.9 Å². The van der Waals surface area contributed by atoms with Crippen LogP contribution in [0.5, 0.6) is 11.5 Å². The van der Waals surface area contributed by atoms with Gasteiger partial charge in [0, 0.05) is 37.9 Å². The van der Waals surface area contributed by atoms with E-state index in [1.54, 1.807) is 0 Å². The lowest BCUT2D eigenvalue weighted by Gasteiger charge is -2.35. The highest BCUT2D eigenvalue weighted by Gasteiger charge is 2.24. The Kier molecular flexibility index (Phi) is 7.49. The molecule has 0 aromatic heterocycles. The van der Waals surface area contributed by atoms with Gasteiger partial charge in [0.25, 0.3) is 0 Å². The minimum atomic E-state index is 0.0420. The minimum absolute atomic E-state index is 0.0420. The topological polar surface area (TPSA) is 62.8 Å². The molecule has 0 saturated carbocycles. The van der Waals surface area contributed by atoms with E-state index in [0.29, 0.717) is 25.6 Å². The van der Waals surface area contributed by atoms with Gasteiger partial charge in [0.1, 0.15) is 12.7 Å². The molecule has 1 atom stereocenters. The van der Waals surface area contributed by atoms with E-state index in [1.807, 2.05) is 54.6 Å². The lowest BCUT2D eigenvalue weighted by atomic mass is 10.0. The summed E-state index contributed by atoms with van der Waals surface area (Å²) < 4.78 is 11.9. The monoisotopic (exact) mass is 471 g/mol. The zero-order valence-corrected chi connectivity index (χ0v) is 20.0. The Labute approximate surface area is 207 Å². The molecule has 2 N–H and O–H groups in total. The second-order valence-corrected chi connectivity index (χ2v) is 9.27. The second kappa shape index (κ2) is 11.3. The Bertz CT molecular complexity index is 1100. The van der Waals surface area contributed by atoms with Gasteiger partial charge in [-0.05, 0) is 48.2 Å². The summed E-state index contributed by atoms with van der Waals surface area (Å²) in [6.07, 6.45) is 2.62. The van der Waals surface area contributed by atoms with Crippen LogP contribution >= 0.6 is 0 Å². The number of rotatable bonds is 8. The molecule has 1 fully saturated rings. The molecule has 2 aliphatic rings. The van der Waals surface area contributed by atoms with E-state index in [0.717, 1.165) is 55.1 Å². The fourth-order valence-corrected chi connectivity index (χ4v) is 4.67. The first-order valence-corrected chi connectivity index (χ1v) is 12.5. The van der Waals surface area contributed by atoms with Crippen molar-refractivity contribution in [2.75, 3.05) is 31.1 Å². The van der Waals surface area contributed by atoms with Gasteiger partial charge in [-0.2, -0.15) is 0 Å². The summed E-state index contributed by atoms with van der Waals surface area (Å²) in [6, 6.07) is 26.7. The number of carbonyl (C=O) groups is 1. The van der Waals surface area contributed by atoms with Crippen molar-refractivity contribution in [2.24, 2.45) is 0 Å². The van der Waals surface area contributed by atoms with Crippen LogP contribution < -0.4 is 25.0 Å². The van der Waals surface area contributed by atoms with Crippen LogP contribution in [0.2, 0.25) is 0 Å². The number of amides is 1. The zero-order valence-electron chi connectivity index (χ0n) is 20.0. The second-order valence-electron chi connectivity index (χ2n) is 9.27. The van der Waals surface area contributed by atoms with Crippen molar-refractivity contribution in [3.63, 3.8) is 0 Å². The van der Waals surface area contributed by atoms with E-state index >= 15 is 0 Å². The van der Waals surface area contributed by atoms with Crippen LogP contribution in [0, 0.1) is 0 Å². The van der Waals surface area contributed by atoms with Gasteiger partial charge < -0.3 is 25.0 Å². The first-order chi connectivity index (χ1) is 17.2. The van der Waals surface area contributed by atoms with E-state index in [4.69, 9.17) is 9.47 Å². The Morgan fingerprint density at radius 3 is 2.34 bits per heavy atom. The highest BCUT2D eigenvalue weighted by molar-refractivity contribution is 5.78. The third-order valence-corrected chi connectivity index (χ3v) is 6.70. The fourth-order valence-electron chi connectivity index (χ4n) is 4.67. The SMILES string of the molecule is O=C(Cc1ccc(N2CCC(NCC3COc4ccccc4O3)CC2)cc1)NCc1ccccc1. The van der Waals surface area contributed by atoms with Gasteiger partial charge in [0.15, 0.2) is 11.5 Å². The molecule has 2 heterocycles. The smallest absolute Gasteiger partial charge is 0.224 e. The molecule has 6 heteroatoms. The van der Waals surface area contributed by atoms with Crippen LogP contribution in [-0.2, 0) is 17.8 Å². The van der Waals surface area contributed by atoms with Crippen molar-refractivity contribution in [3.05, 3.63) is 90.0 Å². The van der Waals surface area contributed by atoms with Crippen molar-refractivity contribution >= 4 is 11.6 Å². The Hall–Kier alpha value is -3.51. The summed E-state index contributed by atoms with van der Waals surface area (Å²) in [6.45, 7) is 3.96. The van der Waals surface area contributed by atoms with Crippen LogP contribution in [0.1, 0.15) is 24.0 Å². The van der Waals surface area contributed by atoms with Gasteiger partial charge in [0.2, 0.25) is 5.91 Å². The number of hydrogen-bond acceptors (Lipinski definition) is 5. The van der Waals surface area contributed by atoms with E-state index in [2.05, 4.69) is 39.8 Å². The predicted octanol–water partition coefficient (Wildman–Crippen LogP) is 3.94. The van der Waals surface area contributed by atoms with E-state index < -0.39 is 0 Å². The molecular weight excluding hydrogens is 438 g/mol. The average molecular weight is 472 g/mol. The Balaban J connectivity index is 1.03. The van der Waals surface area contributed by atoms with Crippen LogP contribution in [-0.4, -0.2) is 44.3 Å². The van der Waals surface area contributed by atoms with E-state index in [1.165, 1.54) is 5.69 Å². The maximum Gasteiger partial charge on any atom is 0.224 e. The summed E-state index contributed by atoms with van der Waals surface area (Å²) in [7, 11) is 0. The van der Waals surface area contributed by atoms with Crippen molar-refractivity contribution in [2.45, 2.75) is 38.0 Å². The maximum absolute atomic E-state index is 12.3. The molecule has 0 bridgehead atoms. The molecular formula is C29H33N3O3. The molecule has 2 aliphatic heterocycles. The molecule has 35 heavy (non-hydrogen) atoms. The molecule has 1 amide bonds. The number of fused-ring (bicyclic) bond motifs is 1. The molecule has 0 aliphatic carbocycles. The summed E-state index contributed by atoms with van der Waals surface area (Å²) in [5.74, 6) is 1.71. The zero-order chi connectivity index (χ0) is 23.9. The third-order valence-electron chi connectivity index (χ3n) is 6.70. The van der Waals surface area contributed by atoms with E-state index in [-0.39, 0.29) is 12.0 Å². The molecule has 6 nitrogen and oxygen atoms in total. The quantitative estimate of drug-likeness (QED) is 0.521. The third kappa shape index (κ3) is 6.34. The summed E-state index contributed by atoms with van der Waals surface area (Å²) in [4.78, 5) is 14.7. The van der Waals surface area contributed by atoms with Gasteiger partial charge in [-0.25, -0.2) is 0 Å². The summed E-state index contributed by atoms with van der Waals surface area (Å²) in [5, 5.41) is 6.67. The average Bonchev–Trinajstić information content (AvgIpc) is 2.92. The number of benzene rings is 3. The fraction of sp³-hybridized carbons (Fsp3) is 0.345. The van der Waals surface area contributed by atoms with Gasteiger partial charge in [0.05, 0.1) is 6.42 Å². The van der Waals surface area contributed by atoms with Crippen LogP contribution in [0.25, 0.3) is 0 Å². The molecule has 1 unspecified atom stereocenters. The molecule has 0 spiro atoms. The molecule has 3 aromatic rings. The molecule has 3 aromatic carbocycles. The lowest BCUT2D eigenvalue weighted by molar-refractivity contribution is -0.120. The normalized spacial score (nSPS) is 17.7. The number of hydrogen-bond donors (Lipinski definition) is 2. The predicted molar refractivity (Wildman–Crippen MR) is 138 cm³/mol. The molecule has 5 rings (SSSR count). The number of para-hydroxylation sites is 2. The number of anilines is 1. The largest absolute Gasteiger partial charge is 0.486 e. The van der Waals surface area contributed by atoms with Crippen molar-refractivity contribution in [3.8, 4) is 11.5 Å². The summed E-state index contributed by atoms with van der Waals surface area (Å²) >= 11 is 0. The van der Waals surface area contributed by atoms with E-state index in [9.17, 15) is 4.79 Å². The molecule has 182 valence electrons. The van der Waals surface area contributed by atoms with Crippen molar-refractivity contribution < 1.29 is 14.3 Å².